The summed E-state index contributed by atoms with van der Waals surface area (Å²) in [6.45, 7) is 29.1. The van der Waals surface area contributed by atoms with Crippen molar-refractivity contribution in [3.63, 3.8) is 0 Å². The molecule has 5 aliphatic rings. The minimum atomic E-state index is -3.48. The number of likely N-dealkylation sites (tertiary alicyclic amines) is 4. The summed E-state index contributed by atoms with van der Waals surface area (Å²) in [5, 5.41) is 9.44. The van der Waals surface area contributed by atoms with E-state index in [9.17, 15) is 48.3 Å². The molecule has 123 heavy (non-hydrogen) atoms. The average Bonchev–Trinajstić information content (AvgIpc) is 0.830. The largest absolute Gasteiger partial charge is 0.444 e. The minimum Gasteiger partial charge on any atom is -0.444 e. The highest BCUT2D eigenvalue weighted by Gasteiger charge is 2.29. The number of halogens is 3. The first kappa shape index (κ1) is 106. The number of hydrogen-bond donors (Lipinski definition) is 11. The SMILES string of the molecule is CC(C)(C)OC(=O)N1CCC(c2ccc(N)cc2)CC1.CC(C)N1CCC(c2ccc(N)cc2)CC1.CC(C)c1ccc(N)cc1.CC(C)c1ccc(N)cc1F.CC1(O)CCC(N)CC1.CN1CCC(N)CC1.CN1CCC(c2ccc(N)cc2)CC1.CS(=O)(=O)c1ccc(N)c(F)c1.CS(=O)(=O)c1ccc(N)cc1.CS(=O)(=O)c1ccc(N)cc1F. The lowest BCUT2D eigenvalue weighted by Crippen LogP contribution is -2.41. The Balaban J connectivity index is 0.000000290. The van der Waals surface area contributed by atoms with Crippen LogP contribution >= 0.6 is 0 Å². The van der Waals surface area contributed by atoms with Gasteiger partial charge < -0.3 is 86.8 Å². The molecular weight excluding hydrogens is 1620 g/mol. The molecule has 0 atom stereocenters. The Labute approximate surface area is 733 Å². The van der Waals surface area contributed by atoms with Crippen molar-refractivity contribution < 1.29 is 53.1 Å². The second-order valence-corrected chi connectivity index (χ2v) is 40.7. The van der Waals surface area contributed by atoms with E-state index in [1.54, 1.807) is 29.2 Å². The number of anilines is 8. The molecule has 0 spiro atoms. The molecule has 4 saturated heterocycles. The summed E-state index contributed by atoms with van der Waals surface area (Å²) in [4.78, 5) is 21.0. The van der Waals surface area contributed by atoms with Crippen LogP contribution in [0.4, 0.5) is 63.5 Å². The Kier molecular flexibility index (Phi) is 43.8. The second kappa shape index (κ2) is 50.7. The van der Waals surface area contributed by atoms with Crippen LogP contribution in [-0.2, 0) is 34.2 Å². The maximum atomic E-state index is 13.0. The molecule has 8 aromatic carbocycles. The zero-order valence-corrected chi connectivity index (χ0v) is 77.6. The monoisotopic (exact) mass is 1770 g/mol. The topological polar surface area (TPSA) is 422 Å². The van der Waals surface area contributed by atoms with E-state index in [1.807, 2.05) is 90.1 Å². The van der Waals surface area contributed by atoms with E-state index in [1.165, 1.54) is 143 Å². The number of nitrogen functional groups attached to an aromatic ring is 8. The van der Waals surface area contributed by atoms with E-state index in [2.05, 4.69) is 105 Å². The van der Waals surface area contributed by atoms with Crippen molar-refractivity contribution in [2.45, 2.75) is 220 Å². The van der Waals surface area contributed by atoms with Crippen molar-refractivity contribution in [3.8, 4) is 0 Å². The van der Waals surface area contributed by atoms with Crippen LogP contribution in [-0.4, -0.2) is 171 Å². The molecule has 29 heteroatoms. The second-order valence-electron chi connectivity index (χ2n) is 34.7. The van der Waals surface area contributed by atoms with Crippen molar-refractivity contribution in [2.75, 3.05) is 131 Å². The van der Waals surface area contributed by atoms with Gasteiger partial charge in [0.15, 0.2) is 29.5 Å². The van der Waals surface area contributed by atoms with Crippen LogP contribution in [0.15, 0.2) is 191 Å². The van der Waals surface area contributed by atoms with Crippen molar-refractivity contribution in [1.29, 1.82) is 0 Å². The molecule has 1 saturated carbocycles. The number of piperidine rings is 4. The van der Waals surface area contributed by atoms with Gasteiger partial charge in [-0.05, 0) is 351 Å². The predicted molar refractivity (Wildman–Crippen MR) is 504 cm³/mol. The van der Waals surface area contributed by atoms with Gasteiger partial charge in [-0.1, -0.05) is 82.3 Å². The van der Waals surface area contributed by atoms with Gasteiger partial charge in [-0.15, -0.1) is 0 Å². The number of nitrogens with zero attached hydrogens (tertiary/aromatic N) is 4. The van der Waals surface area contributed by atoms with E-state index < -0.39 is 52.3 Å². The summed E-state index contributed by atoms with van der Waals surface area (Å²) < 4.78 is 109. The summed E-state index contributed by atoms with van der Waals surface area (Å²) >= 11 is 0. The Morgan fingerprint density at radius 3 is 1.10 bits per heavy atom. The van der Waals surface area contributed by atoms with Gasteiger partial charge in [-0.25, -0.2) is 43.2 Å². The van der Waals surface area contributed by atoms with E-state index in [-0.39, 0.29) is 39.0 Å². The molecular formula is C94H143F3N14O9S3. The lowest BCUT2D eigenvalue weighted by atomic mass is 9.84. The van der Waals surface area contributed by atoms with Gasteiger partial charge in [-0.2, -0.15) is 0 Å². The van der Waals surface area contributed by atoms with Crippen molar-refractivity contribution >= 4 is 81.1 Å². The van der Waals surface area contributed by atoms with Crippen LogP contribution in [0, 0.1) is 17.5 Å². The molecule has 0 aromatic heterocycles. The van der Waals surface area contributed by atoms with Crippen LogP contribution in [0.1, 0.15) is 204 Å². The Hall–Kier alpha value is -9.17. The third kappa shape index (κ3) is 41.5. The number of aliphatic hydroxyl groups is 1. The summed E-state index contributed by atoms with van der Waals surface area (Å²) in [5.41, 5.74) is 65.1. The number of sulfone groups is 3. The molecule has 23 nitrogen and oxygen atoms in total. The maximum absolute atomic E-state index is 13.0. The molecule has 5 fully saturated rings. The molecule has 8 aromatic rings. The third-order valence-electron chi connectivity index (χ3n) is 21.5. The number of hydrogen-bond acceptors (Lipinski definition) is 22. The van der Waals surface area contributed by atoms with Crippen LogP contribution < -0.4 is 57.3 Å². The molecule has 4 aliphatic heterocycles. The lowest BCUT2D eigenvalue weighted by molar-refractivity contribution is 0.0177. The van der Waals surface area contributed by atoms with E-state index in [0.29, 0.717) is 46.2 Å². The molecule has 0 radical (unpaired) electrons. The van der Waals surface area contributed by atoms with Crippen LogP contribution in [0.25, 0.3) is 0 Å². The van der Waals surface area contributed by atoms with Crippen LogP contribution in [0.2, 0.25) is 0 Å². The van der Waals surface area contributed by atoms with Gasteiger partial charge in [0.05, 0.1) is 21.1 Å². The normalized spacial score (nSPS) is 17.6. The van der Waals surface area contributed by atoms with Crippen molar-refractivity contribution in [3.05, 3.63) is 221 Å². The molecule has 0 unspecified atom stereocenters. The fourth-order valence-electron chi connectivity index (χ4n) is 13.6. The van der Waals surface area contributed by atoms with Gasteiger partial charge in [0.2, 0.25) is 0 Å². The van der Waals surface area contributed by atoms with E-state index >= 15 is 0 Å². The Morgan fingerprint density at radius 1 is 0.423 bits per heavy atom. The number of nitrogens with two attached hydrogens (primary N) is 10. The summed E-state index contributed by atoms with van der Waals surface area (Å²) in [6.07, 6.45) is 16.0. The highest BCUT2D eigenvalue weighted by atomic mass is 32.2. The van der Waals surface area contributed by atoms with Crippen molar-refractivity contribution in [1.82, 2.24) is 19.6 Å². The number of rotatable bonds is 9. The Bertz CT molecular complexity index is 4770. The maximum Gasteiger partial charge on any atom is 0.410 e. The predicted octanol–water partition coefficient (Wildman–Crippen LogP) is 16.2. The smallest absolute Gasteiger partial charge is 0.410 e. The molecule has 1 aliphatic carbocycles. The molecule has 21 N–H and O–H groups in total. The molecule has 0 bridgehead atoms. The molecule has 682 valence electrons. The third-order valence-corrected chi connectivity index (χ3v) is 24.9. The summed E-state index contributed by atoms with van der Waals surface area (Å²) in [5.74, 6) is 1.07. The fourth-order valence-corrected chi connectivity index (χ4v) is 15.6. The van der Waals surface area contributed by atoms with Crippen LogP contribution in [0.5, 0.6) is 0 Å². The molecule has 13 rings (SSSR count). The van der Waals surface area contributed by atoms with Crippen LogP contribution in [0.3, 0.4) is 0 Å². The quantitative estimate of drug-likeness (QED) is 0.0598. The average molecular weight is 1770 g/mol. The van der Waals surface area contributed by atoms with Gasteiger partial charge in [-0.3, -0.25) is 0 Å². The summed E-state index contributed by atoms with van der Waals surface area (Å²) in [6, 6.07) is 52.2. The van der Waals surface area contributed by atoms with Gasteiger partial charge in [0.25, 0.3) is 0 Å². The number of carbonyl (C=O) groups excluding carboxylic acids is 1. The zero-order valence-electron chi connectivity index (χ0n) is 75.1. The first-order valence-electron chi connectivity index (χ1n) is 42.1. The van der Waals surface area contributed by atoms with Gasteiger partial charge >= 0.3 is 6.09 Å². The number of amides is 1. The first-order valence-corrected chi connectivity index (χ1v) is 47.8. The van der Waals surface area contributed by atoms with Gasteiger partial charge in [0, 0.05) is 89.8 Å². The Morgan fingerprint density at radius 2 is 0.764 bits per heavy atom. The fraction of sp³-hybridized carbons (Fsp3) is 0.479. The standard InChI is InChI=1S/C16H24N2O2.C14H22N2.C12H18N2.C9H12FN.C9H13N.2C7H8FNO2S.C7H9NO2S.C7H15NO.C6H14N2/c1-16(2,3)20-15(19)18-10-8-13(9-11-18)12-4-6-14(17)7-5-12;1-11(2)16-9-7-13(8-10-16)12-3-5-14(15)6-4-12;1-14-8-6-11(7-9-14)10-2-4-12(13)5-3-10;1-6(2)8-4-3-7(11)5-9(8)10;1-7(2)8-3-5-9(10)6-4-8;1-12(10,11)5-2-3-7(9)6(8)4-5;1-12(10,11)7-3-2-5(9)4-6(7)8;1-11(9,10)7-4-2-6(8)3-5-7;1-7(9)4-2-6(8)3-5-7;1-8-4-2-6(7)3-5-8/h4-7,13H,8-11,17H2,1-3H3;3-6,11,13H,7-10,15H2,1-2H3;2-5,11H,6-9,13H2,1H3;3-6H,11H2,1-2H3;3-7H,10H2,1-2H3;2*2-4H,9H2,1H3;2-5H,8H2,1H3;6,9H,2-5,8H2,1H3;6H,2-5,7H2,1H3. The highest BCUT2D eigenvalue weighted by Crippen LogP contribution is 2.33. The number of benzene rings is 8. The van der Waals surface area contributed by atoms with E-state index in [0.717, 1.165) is 122 Å². The lowest BCUT2D eigenvalue weighted by Gasteiger charge is -2.34. The number of carbonyl (C=O) groups is 1. The highest BCUT2D eigenvalue weighted by molar-refractivity contribution is 7.91. The first-order chi connectivity index (χ1) is 57.3. The van der Waals surface area contributed by atoms with E-state index in [4.69, 9.17) is 62.1 Å². The van der Waals surface area contributed by atoms with Gasteiger partial charge in [0.1, 0.15) is 27.9 Å². The summed E-state index contributed by atoms with van der Waals surface area (Å²) in [7, 11) is -5.56. The zero-order chi connectivity index (χ0) is 92.3. The minimum absolute atomic E-state index is 0.0533. The molecule has 4 heterocycles. The van der Waals surface area contributed by atoms with Crippen molar-refractivity contribution in [2.24, 2.45) is 11.5 Å². The number of ether oxygens (including phenoxy) is 1. The molecule has 1 amide bonds.